The van der Waals surface area contributed by atoms with E-state index in [4.69, 9.17) is 9.47 Å². The molecule has 0 spiro atoms. The third-order valence-corrected chi connectivity index (χ3v) is 3.87. The van der Waals surface area contributed by atoms with Crippen LogP contribution in [0.3, 0.4) is 0 Å². The van der Waals surface area contributed by atoms with Crippen LogP contribution in [-0.4, -0.2) is 79.4 Å². The van der Waals surface area contributed by atoms with Crippen LogP contribution in [0.2, 0.25) is 0 Å². The van der Waals surface area contributed by atoms with Crippen molar-refractivity contribution in [1.29, 1.82) is 0 Å². The van der Waals surface area contributed by atoms with Crippen molar-refractivity contribution in [1.82, 2.24) is 9.80 Å². The number of aliphatic hydroxyl groups excluding tert-OH is 1. The number of hydrogen-bond donors (Lipinski definition) is 1. The number of β-amino-alcohol motifs (C(OH)–C–C–N with tert-alkyl or cyclic N) is 1. The molecule has 1 aromatic carbocycles. The normalized spacial score (nSPS) is 16.7. The molecule has 7 nitrogen and oxygen atoms in total. The van der Waals surface area contributed by atoms with E-state index in [1.54, 1.807) is 11.8 Å². The zero-order valence-electron chi connectivity index (χ0n) is 14.9. The molecule has 1 aliphatic rings. The van der Waals surface area contributed by atoms with E-state index in [1.807, 2.05) is 4.90 Å². The number of halogens is 3. The van der Waals surface area contributed by atoms with E-state index in [0.717, 1.165) is 12.1 Å². The Hall–Kier alpha value is -2.20. The second kappa shape index (κ2) is 9.65. The second-order valence-electron chi connectivity index (χ2n) is 5.97. The number of benzene rings is 1. The van der Waals surface area contributed by atoms with E-state index in [-0.39, 0.29) is 18.4 Å². The molecule has 0 bridgehead atoms. The number of amides is 1. The van der Waals surface area contributed by atoms with E-state index in [1.165, 1.54) is 12.1 Å². The van der Waals surface area contributed by atoms with Gasteiger partial charge in [0, 0.05) is 32.7 Å². The zero-order chi connectivity index (χ0) is 19.9. The van der Waals surface area contributed by atoms with Crippen LogP contribution in [0.1, 0.15) is 6.92 Å². The molecule has 10 heteroatoms. The summed E-state index contributed by atoms with van der Waals surface area (Å²) >= 11 is 0. The van der Waals surface area contributed by atoms with Crippen LogP contribution in [-0.2, 0) is 4.74 Å². The van der Waals surface area contributed by atoms with Gasteiger partial charge in [0.15, 0.2) is 0 Å². The lowest BCUT2D eigenvalue weighted by Gasteiger charge is -2.34. The van der Waals surface area contributed by atoms with E-state index < -0.39 is 12.5 Å². The molecule has 27 heavy (non-hydrogen) atoms. The Bertz CT molecular complexity index is 589. The molecule has 1 aromatic rings. The molecule has 0 saturated carbocycles. The van der Waals surface area contributed by atoms with Crippen molar-refractivity contribution in [2.75, 3.05) is 45.9 Å². The van der Waals surface area contributed by atoms with Gasteiger partial charge < -0.3 is 24.2 Å². The van der Waals surface area contributed by atoms with Crippen molar-refractivity contribution in [2.24, 2.45) is 0 Å². The molecular weight excluding hydrogens is 369 g/mol. The van der Waals surface area contributed by atoms with Crippen molar-refractivity contribution < 1.29 is 37.3 Å². The Morgan fingerprint density at radius 3 is 2.30 bits per heavy atom. The Balaban J connectivity index is 1.69. The molecule has 1 saturated heterocycles. The summed E-state index contributed by atoms with van der Waals surface area (Å²) in [6.45, 7) is 4.71. The third kappa shape index (κ3) is 7.51. The number of hydrogen-bond acceptors (Lipinski definition) is 6. The minimum Gasteiger partial charge on any atom is -0.491 e. The number of aliphatic hydroxyl groups is 1. The largest absolute Gasteiger partial charge is 0.573 e. The molecule has 2 rings (SSSR count). The lowest BCUT2D eigenvalue weighted by Crippen LogP contribution is -2.51. The summed E-state index contributed by atoms with van der Waals surface area (Å²) in [5.41, 5.74) is 0. The van der Waals surface area contributed by atoms with Crippen LogP contribution in [0.25, 0.3) is 0 Å². The van der Waals surface area contributed by atoms with Gasteiger partial charge in [-0.2, -0.15) is 0 Å². The smallest absolute Gasteiger partial charge is 0.491 e. The van der Waals surface area contributed by atoms with Crippen LogP contribution in [0.15, 0.2) is 24.3 Å². The molecular formula is C17H23F3N2O5. The minimum absolute atomic E-state index is 0.00242. The topological polar surface area (TPSA) is 71.5 Å². The minimum atomic E-state index is -4.74. The Morgan fingerprint density at radius 1 is 1.15 bits per heavy atom. The second-order valence-corrected chi connectivity index (χ2v) is 5.97. The fraction of sp³-hybridized carbons (Fsp3) is 0.588. The van der Waals surface area contributed by atoms with Crippen molar-refractivity contribution in [3.8, 4) is 11.5 Å². The average molecular weight is 392 g/mol. The summed E-state index contributed by atoms with van der Waals surface area (Å²) in [5, 5.41) is 10.1. The molecule has 0 aromatic heterocycles. The predicted molar refractivity (Wildman–Crippen MR) is 89.7 cm³/mol. The van der Waals surface area contributed by atoms with Gasteiger partial charge in [-0.3, -0.25) is 4.90 Å². The van der Waals surface area contributed by atoms with Crippen LogP contribution in [0, 0.1) is 0 Å². The summed E-state index contributed by atoms with van der Waals surface area (Å²) in [4.78, 5) is 15.3. The molecule has 1 heterocycles. The van der Waals surface area contributed by atoms with Crippen LogP contribution in [0.4, 0.5) is 18.0 Å². The van der Waals surface area contributed by atoms with Gasteiger partial charge in [-0.25, -0.2) is 4.79 Å². The standard InChI is InChI=1S/C17H23F3N2O5/c1-2-25-16(24)22-9-7-21(8-10-22)11-13(23)12-26-14-3-5-15(6-4-14)27-17(18,19)20/h3-6,13,23H,2,7-12H2,1H3/t13-/m1/s1. The van der Waals surface area contributed by atoms with E-state index in [9.17, 15) is 23.1 Å². The van der Waals surface area contributed by atoms with Crippen LogP contribution in [0.5, 0.6) is 11.5 Å². The lowest BCUT2D eigenvalue weighted by atomic mass is 10.2. The maximum Gasteiger partial charge on any atom is 0.573 e. The average Bonchev–Trinajstić information content (AvgIpc) is 2.61. The summed E-state index contributed by atoms with van der Waals surface area (Å²) < 4.78 is 50.4. The fourth-order valence-electron chi connectivity index (χ4n) is 2.61. The molecule has 0 radical (unpaired) electrons. The van der Waals surface area contributed by atoms with Gasteiger partial charge in [0.05, 0.1) is 6.61 Å². The number of nitrogens with zero attached hydrogens (tertiary/aromatic N) is 2. The maximum atomic E-state index is 12.1. The van der Waals surface area contributed by atoms with Crippen LogP contribution >= 0.6 is 0 Å². The first kappa shape index (κ1) is 21.1. The molecule has 152 valence electrons. The van der Waals surface area contributed by atoms with Crippen molar-refractivity contribution in [2.45, 2.75) is 19.4 Å². The van der Waals surface area contributed by atoms with Crippen molar-refractivity contribution in [3.63, 3.8) is 0 Å². The highest BCUT2D eigenvalue weighted by molar-refractivity contribution is 5.67. The Labute approximate surface area is 155 Å². The summed E-state index contributed by atoms with van der Waals surface area (Å²) in [7, 11) is 0. The maximum absolute atomic E-state index is 12.1. The molecule has 0 unspecified atom stereocenters. The Kier molecular flexibility index (Phi) is 7.55. The first-order valence-electron chi connectivity index (χ1n) is 8.57. The van der Waals surface area contributed by atoms with E-state index in [2.05, 4.69) is 4.74 Å². The first-order valence-corrected chi connectivity index (χ1v) is 8.57. The lowest BCUT2D eigenvalue weighted by molar-refractivity contribution is -0.274. The molecule has 1 amide bonds. The number of ether oxygens (including phenoxy) is 3. The highest BCUT2D eigenvalue weighted by Gasteiger charge is 2.31. The number of rotatable bonds is 7. The molecule has 1 aliphatic heterocycles. The summed E-state index contributed by atoms with van der Waals surface area (Å²) in [6.07, 6.45) is -5.85. The number of carbonyl (C=O) groups is 1. The predicted octanol–water partition coefficient (Wildman–Crippen LogP) is 2.10. The van der Waals surface area contributed by atoms with Crippen LogP contribution < -0.4 is 9.47 Å². The quantitative estimate of drug-likeness (QED) is 0.766. The molecule has 1 fully saturated rings. The van der Waals surface area contributed by atoms with Gasteiger partial charge in [0.1, 0.15) is 24.2 Å². The van der Waals surface area contributed by atoms with Gasteiger partial charge >= 0.3 is 12.5 Å². The van der Waals surface area contributed by atoms with Gasteiger partial charge in [-0.15, -0.1) is 13.2 Å². The Morgan fingerprint density at radius 2 is 1.74 bits per heavy atom. The molecule has 1 atom stereocenters. The molecule has 0 aliphatic carbocycles. The van der Waals surface area contributed by atoms with E-state index in [0.29, 0.717) is 45.1 Å². The summed E-state index contributed by atoms with van der Waals surface area (Å²) in [5.74, 6) is -0.00873. The zero-order valence-corrected chi connectivity index (χ0v) is 14.9. The highest BCUT2D eigenvalue weighted by atomic mass is 19.4. The number of carbonyl (C=O) groups excluding carboxylic acids is 1. The van der Waals surface area contributed by atoms with Gasteiger partial charge in [-0.1, -0.05) is 0 Å². The number of alkyl halides is 3. The van der Waals surface area contributed by atoms with Crippen molar-refractivity contribution in [3.05, 3.63) is 24.3 Å². The van der Waals surface area contributed by atoms with E-state index >= 15 is 0 Å². The van der Waals surface area contributed by atoms with Gasteiger partial charge in [0.2, 0.25) is 0 Å². The number of piperazine rings is 1. The highest BCUT2D eigenvalue weighted by Crippen LogP contribution is 2.24. The summed E-state index contributed by atoms with van der Waals surface area (Å²) in [6, 6.07) is 4.96. The third-order valence-electron chi connectivity index (χ3n) is 3.87. The monoisotopic (exact) mass is 392 g/mol. The molecule has 1 N–H and O–H groups in total. The van der Waals surface area contributed by atoms with Crippen molar-refractivity contribution >= 4 is 6.09 Å². The SMILES string of the molecule is CCOC(=O)N1CCN(C[C@@H](O)COc2ccc(OC(F)(F)F)cc2)CC1. The fourth-order valence-corrected chi connectivity index (χ4v) is 2.61. The van der Waals surface area contributed by atoms with Gasteiger partial charge in [0.25, 0.3) is 0 Å². The first-order chi connectivity index (χ1) is 12.8. The van der Waals surface area contributed by atoms with Gasteiger partial charge in [-0.05, 0) is 31.2 Å².